The van der Waals surface area contributed by atoms with E-state index >= 15 is 0 Å². The highest BCUT2D eigenvalue weighted by atomic mass is 16.1. The number of nitrogens with zero attached hydrogens (tertiary/aromatic N) is 1. The van der Waals surface area contributed by atoms with Gasteiger partial charge in [0.15, 0.2) is 0 Å². The van der Waals surface area contributed by atoms with Crippen LogP contribution in [0, 0.1) is 5.92 Å². The average molecular weight is 236 g/mol. The summed E-state index contributed by atoms with van der Waals surface area (Å²) in [5.41, 5.74) is 5.64. The molecule has 0 amide bonds. The Balaban J connectivity index is 2.12. The molecule has 0 aromatic carbocycles. The minimum Gasteiger partial charge on any atom is -0.367 e. The third-order valence-corrected chi connectivity index (χ3v) is 3.42. The summed E-state index contributed by atoms with van der Waals surface area (Å²) >= 11 is 0. The molecule has 0 radical (unpaired) electrons. The number of H-pyrrole nitrogens is 1. The van der Waals surface area contributed by atoms with Gasteiger partial charge in [0.05, 0.1) is 0 Å². The summed E-state index contributed by atoms with van der Waals surface area (Å²) in [5, 5.41) is 3.35. The van der Waals surface area contributed by atoms with E-state index in [0.29, 0.717) is 24.3 Å². The fraction of sp³-hybridized carbons (Fsp3) is 0.667. The molecule has 0 bridgehead atoms. The van der Waals surface area contributed by atoms with Crippen molar-refractivity contribution in [2.75, 3.05) is 11.9 Å². The summed E-state index contributed by atoms with van der Waals surface area (Å²) in [6.07, 6.45) is 4.20. The molecule has 1 aromatic rings. The predicted octanol–water partition coefficient (Wildman–Crippen LogP) is 0.872. The van der Waals surface area contributed by atoms with Crippen LogP contribution in [0.25, 0.3) is 0 Å². The first-order valence-corrected chi connectivity index (χ1v) is 6.29. The zero-order valence-electron chi connectivity index (χ0n) is 10.2. The van der Waals surface area contributed by atoms with E-state index in [1.165, 1.54) is 12.5 Å². The minimum absolute atomic E-state index is 0.0957. The van der Waals surface area contributed by atoms with Crippen LogP contribution in [0.3, 0.4) is 0 Å². The van der Waals surface area contributed by atoms with E-state index in [4.69, 9.17) is 5.73 Å². The van der Waals surface area contributed by atoms with Gasteiger partial charge in [0, 0.05) is 18.5 Å². The first-order chi connectivity index (χ1) is 8.22. The molecule has 0 spiro atoms. The van der Waals surface area contributed by atoms with E-state index in [0.717, 1.165) is 25.1 Å². The van der Waals surface area contributed by atoms with Gasteiger partial charge in [-0.15, -0.1) is 0 Å². The molecule has 1 heterocycles. The second-order valence-electron chi connectivity index (χ2n) is 4.61. The van der Waals surface area contributed by atoms with Crippen molar-refractivity contribution in [3.63, 3.8) is 0 Å². The van der Waals surface area contributed by atoms with E-state index in [9.17, 15) is 4.79 Å². The van der Waals surface area contributed by atoms with E-state index in [2.05, 4.69) is 15.3 Å². The Bertz CT molecular complexity index is 429. The smallest absolute Gasteiger partial charge is 0.252 e. The van der Waals surface area contributed by atoms with Gasteiger partial charge in [0.2, 0.25) is 0 Å². The van der Waals surface area contributed by atoms with Gasteiger partial charge in [-0.25, -0.2) is 4.98 Å². The molecule has 0 saturated heterocycles. The Hall–Kier alpha value is -1.36. The maximum Gasteiger partial charge on any atom is 0.252 e. The van der Waals surface area contributed by atoms with E-state index < -0.39 is 0 Å². The first-order valence-electron chi connectivity index (χ1n) is 6.29. The molecular formula is C12H20N4O. The second kappa shape index (κ2) is 5.31. The van der Waals surface area contributed by atoms with Crippen LogP contribution in [-0.4, -0.2) is 22.6 Å². The lowest BCUT2D eigenvalue weighted by Crippen LogP contribution is -2.30. The zero-order chi connectivity index (χ0) is 12.3. The number of hydrogen-bond acceptors (Lipinski definition) is 4. The number of aromatic nitrogens is 2. The van der Waals surface area contributed by atoms with Gasteiger partial charge in [-0.2, -0.15) is 0 Å². The molecule has 1 aliphatic rings. The highest BCUT2D eigenvalue weighted by molar-refractivity contribution is 5.35. The molecule has 2 rings (SSSR count). The maximum absolute atomic E-state index is 11.4. The molecule has 1 fully saturated rings. The van der Waals surface area contributed by atoms with Gasteiger partial charge in [-0.3, -0.25) is 4.79 Å². The topological polar surface area (TPSA) is 83.8 Å². The Labute approximate surface area is 101 Å². The second-order valence-corrected chi connectivity index (χ2v) is 4.61. The quantitative estimate of drug-likeness (QED) is 0.724. The number of nitrogens with two attached hydrogens (primary N) is 1. The Morgan fingerprint density at radius 2 is 2.41 bits per heavy atom. The van der Waals surface area contributed by atoms with Gasteiger partial charge in [0.1, 0.15) is 11.6 Å². The number of aromatic amines is 1. The molecule has 5 nitrogen and oxygen atoms in total. The summed E-state index contributed by atoms with van der Waals surface area (Å²) in [4.78, 5) is 18.5. The SMILES string of the molecule is CCc1nc(NC2CCCC2CN)cc(=O)[nH]1. The van der Waals surface area contributed by atoms with Gasteiger partial charge < -0.3 is 16.0 Å². The summed E-state index contributed by atoms with van der Waals surface area (Å²) < 4.78 is 0. The van der Waals surface area contributed by atoms with Crippen LogP contribution in [0.15, 0.2) is 10.9 Å². The molecule has 1 aromatic heterocycles. The molecule has 2 atom stereocenters. The number of nitrogens with one attached hydrogen (secondary N) is 2. The molecule has 1 saturated carbocycles. The van der Waals surface area contributed by atoms with Crippen molar-refractivity contribution in [2.24, 2.45) is 11.7 Å². The van der Waals surface area contributed by atoms with Crippen LogP contribution in [0.4, 0.5) is 5.82 Å². The Kier molecular flexibility index (Phi) is 3.78. The van der Waals surface area contributed by atoms with Crippen molar-refractivity contribution in [3.8, 4) is 0 Å². The highest BCUT2D eigenvalue weighted by Crippen LogP contribution is 2.26. The number of hydrogen-bond donors (Lipinski definition) is 3. The molecule has 17 heavy (non-hydrogen) atoms. The lowest BCUT2D eigenvalue weighted by atomic mass is 10.0. The van der Waals surface area contributed by atoms with Gasteiger partial charge in [-0.05, 0) is 25.3 Å². The molecule has 94 valence electrons. The summed E-state index contributed by atoms with van der Waals surface area (Å²) in [5.74, 6) is 1.90. The lowest BCUT2D eigenvalue weighted by molar-refractivity contribution is 0.515. The van der Waals surface area contributed by atoms with Crippen molar-refractivity contribution >= 4 is 5.82 Å². The lowest BCUT2D eigenvalue weighted by Gasteiger charge is -2.20. The van der Waals surface area contributed by atoms with Gasteiger partial charge in [-0.1, -0.05) is 13.3 Å². The van der Waals surface area contributed by atoms with E-state index in [-0.39, 0.29) is 5.56 Å². The average Bonchev–Trinajstić information content (AvgIpc) is 2.75. The fourth-order valence-electron chi connectivity index (χ4n) is 2.45. The van der Waals surface area contributed by atoms with Crippen LogP contribution in [0.1, 0.15) is 32.0 Å². The zero-order valence-corrected chi connectivity index (χ0v) is 10.2. The number of anilines is 1. The molecule has 2 unspecified atom stereocenters. The molecule has 1 aliphatic carbocycles. The molecule has 5 heteroatoms. The van der Waals surface area contributed by atoms with Gasteiger partial charge in [0.25, 0.3) is 5.56 Å². The number of aryl methyl sites for hydroxylation is 1. The Morgan fingerprint density at radius 1 is 1.59 bits per heavy atom. The normalized spacial score (nSPS) is 23.9. The van der Waals surface area contributed by atoms with Crippen molar-refractivity contribution in [1.29, 1.82) is 0 Å². The minimum atomic E-state index is -0.0957. The predicted molar refractivity (Wildman–Crippen MR) is 68.0 cm³/mol. The third-order valence-electron chi connectivity index (χ3n) is 3.42. The van der Waals surface area contributed by atoms with Crippen LogP contribution in [0.5, 0.6) is 0 Å². The summed E-state index contributed by atoms with van der Waals surface area (Å²) in [6, 6.07) is 1.88. The van der Waals surface area contributed by atoms with Crippen LogP contribution < -0.4 is 16.6 Å². The maximum atomic E-state index is 11.4. The van der Waals surface area contributed by atoms with Crippen molar-refractivity contribution in [1.82, 2.24) is 9.97 Å². The van der Waals surface area contributed by atoms with Crippen LogP contribution >= 0.6 is 0 Å². The van der Waals surface area contributed by atoms with Gasteiger partial charge >= 0.3 is 0 Å². The largest absolute Gasteiger partial charge is 0.367 e. The van der Waals surface area contributed by atoms with Crippen molar-refractivity contribution in [2.45, 2.75) is 38.6 Å². The monoisotopic (exact) mass is 236 g/mol. The summed E-state index contributed by atoms with van der Waals surface area (Å²) in [6.45, 7) is 2.67. The molecule has 4 N–H and O–H groups in total. The van der Waals surface area contributed by atoms with E-state index in [1.807, 2.05) is 6.92 Å². The molecular weight excluding hydrogens is 216 g/mol. The number of rotatable bonds is 4. The Morgan fingerprint density at radius 3 is 3.12 bits per heavy atom. The fourth-order valence-corrected chi connectivity index (χ4v) is 2.45. The van der Waals surface area contributed by atoms with Crippen LogP contribution in [-0.2, 0) is 6.42 Å². The van der Waals surface area contributed by atoms with Crippen molar-refractivity contribution in [3.05, 3.63) is 22.2 Å². The third kappa shape index (κ3) is 2.85. The van der Waals surface area contributed by atoms with Crippen molar-refractivity contribution < 1.29 is 0 Å². The standard InChI is InChI=1S/C12H20N4O/c1-2-10-15-11(6-12(17)16-10)14-9-5-3-4-8(9)7-13/h6,8-9H,2-5,7,13H2,1H3,(H2,14,15,16,17). The van der Waals surface area contributed by atoms with Crippen LogP contribution in [0.2, 0.25) is 0 Å². The molecule has 0 aliphatic heterocycles. The highest BCUT2D eigenvalue weighted by Gasteiger charge is 2.26. The first kappa shape index (κ1) is 12.1. The summed E-state index contributed by atoms with van der Waals surface area (Å²) in [7, 11) is 0. The van der Waals surface area contributed by atoms with E-state index in [1.54, 1.807) is 0 Å².